The van der Waals surface area contributed by atoms with Gasteiger partial charge in [-0.3, -0.25) is 0 Å². The molecule has 102 valence electrons. The molecule has 0 fully saturated rings. The lowest BCUT2D eigenvalue weighted by Crippen LogP contribution is -1.98. The number of aromatic nitrogens is 2. The summed E-state index contributed by atoms with van der Waals surface area (Å²) in [6.07, 6.45) is 4.18. The Morgan fingerprint density at radius 1 is 1.20 bits per heavy atom. The third kappa shape index (κ3) is 2.91. The SMILES string of the molecule is Cc1nc(-c2ccc(NCc3ccn(C)c3)cc2)cs1. The maximum atomic E-state index is 4.50. The maximum absolute atomic E-state index is 4.50. The second-order valence-electron chi connectivity index (χ2n) is 4.87. The minimum atomic E-state index is 0.843. The lowest BCUT2D eigenvalue weighted by molar-refractivity contribution is 0.920. The lowest BCUT2D eigenvalue weighted by atomic mass is 10.1. The lowest BCUT2D eigenvalue weighted by Gasteiger charge is -2.05. The first-order valence-electron chi connectivity index (χ1n) is 6.58. The Balaban J connectivity index is 1.67. The van der Waals surface area contributed by atoms with Crippen molar-refractivity contribution in [1.82, 2.24) is 9.55 Å². The van der Waals surface area contributed by atoms with E-state index in [1.54, 1.807) is 11.3 Å². The van der Waals surface area contributed by atoms with Crippen molar-refractivity contribution >= 4 is 17.0 Å². The standard InChI is InChI=1S/C16H17N3S/c1-12-18-16(11-20-12)14-3-5-15(6-4-14)17-9-13-7-8-19(2)10-13/h3-8,10-11,17H,9H2,1-2H3. The molecule has 0 atom stereocenters. The molecule has 2 heterocycles. The Kier molecular flexibility index (Phi) is 3.56. The fourth-order valence-electron chi connectivity index (χ4n) is 2.12. The molecule has 0 bridgehead atoms. The van der Waals surface area contributed by atoms with E-state index >= 15 is 0 Å². The molecule has 0 saturated carbocycles. The van der Waals surface area contributed by atoms with Crippen molar-refractivity contribution in [2.75, 3.05) is 5.32 Å². The maximum Gasteiger partial charge on any atom is 0.0901 e. The van der Waals surface area contributed by atoms with Crippen molar-refractivity contribution in [3.05, 3.63) is 58.7 Å². The van der Waals surface area contributed by atoms with Crippen molar-refractivity contribution in [3.8, 4) is 11.3 Å². The van der Waals surface area contributed by atoms with Crippen LogP contribution in [-0.2, 0) is 13.6 Å². The predicted molar refractivity (Wildman–Crippen MR) is 85.0 cm³/mol. The van der Waals surface area contributed by atoms with E-state index in [9.17, 15) is 0 Å². The number of anilines is 1. The first-order chi connectivity index (χ1) is 9.70. The molecule has 3 nitrogen and oxygen atoms in total. The molecule has 4 heteroatoms. The molecule has 0 aliphatic carbocycles. The normalized spacial score (nSPS) is 10.7. The zero-order valence-corrected chi connectivity index (χ0v) is 12.4. The van der Waals surface area contributed by atoms with Crippen molar-refractivity contribution < 1.29 is 0 Å². The molecule has 0 amide bonds. The van der Waals surface area contributed by atoms with Gasteiger partial charge in [-0.25, -0.2) is 4.98 Å². The van der Waals surface area contributed by atoms with Gasteiger partial charge in [0.1, 0.15) is 0 Å². The van der Waals surface area contributed by atoms with E-state index in [0.717, 1.165) is 22.9 Å². The van der Waals surface area contributed by atoms with Gasteiger partial charge in [0.15, 0.2) is 0 Å². The first kappa shape index (κ1) is 12.9. The molecule has 3 aromatic rings. The summed E-state index contributed by atoms with van der Waals surface area (Å²) in [4.78, 5) is 4.50. The fraction of sp³-hybridized carbons (Fsp3) is 0.188. The molecule has 20 heavy (non-hydrogen) atoms. The van der Waals surface area contributed by atoms with Crippen LogP contribution in [0.3, 0.4) is 0 Å². The summed E-state index contributed by atoms with van der Waals surface area (Å²) in [6.45, 7) is 2.87. The fourth-order valence-corrected chi connectivity index (χ4v) is 2.75. The molecule has 0 radical (unpaired) electrons. The molecule has 1 N–H and O–H groups in total. The molecule has 0 spiro atoms. The van der Waals surface area contributed by atoms with Gasteiger partial charge in [-0.2, -0.15) is 0 Å². The van der Waals surface area contributed by atoms with Gasteiger partial charge >= 0.3 is 0 Å². The number of benzene rings is 1. The van der Waals surface area contributed by atoms with Crippen LogP contribution in [-0.4, -0.2) is 9.55 Å². The second-order valence-corrected chi connectivity index (χ2v) is 5.93. The third-order valence-corrected chi connectivity index (χ3v) is 3.96. The van der Waals surface area contributed by atoms with Crippen molar-refractivity contribution in [3.63, 3.8) is 0 Å². The second kappa shape index (κ2) is 5.51. The van der Waals surface area contributed by atoms with Gasteiger partial charge in [0, 0.05) is 42.6 Å². The average Bonchev–Trinajstić information content (AvgIpc) is 3.06. The van der Waals surface area contributed by atoms with Crippen LogP contribution in [0, 0.1) is 6.92 Å². The highest BCUT2D eigenvalue weighted by Gasteiger charge is 2.02. The molecule has 2 aromatic heterocycles. The van der Waals surface area contributed by atoms with E-state index in [0.29, 0.717) is 0 Å². The van der Waals surface area contributed by atoms with Gasteiger partial charge in [-0.05, 0) is 30.7 Å². The summed E-state index contributed by atoms with van der Waals surface area (Å²) < 4.78 is 2.06. The minimum absolute atomic E-state index is 0.843. The number of rotatable bonds is 4. The van der Waals surface area contributed by atoms with E-state index in [2.05, 4.69) is 63.0 Å². The number of hydrogen-bond acceptors (Lipinski definition) is 3. The highest BCUT2D eigenvalue weighted by Crippen LogP contribution is 2.23. The monoisotopic (exact) mass is 283 g/mol. The summed E-state index contributed by atoms with van der Waals surface area (Å²) in [7, 11) is 2.04. The molecule has 1 aromatic carbocycles. The van der Waals surface area contributed by atoms with Crippen LogP contribution in [0.15, 0.2) is 48.1 Å². The number of aryl methyl sites for hydroxylation is 2. The Bertz CT molecular complexity index is 695. The largest absolute Gasteiger partial charge is 0.381 e. The highest BCUT2D eigenvalue weighted by molar-refractivity contribution is 7.09. The number of thiazole rings is 1. The molecular formula is C16H17N3S. The van der Waals surface area contributed by atoms with E-state index in [1.165, 1.54) is 11.1 Å². The van der Waals surface area contributed by atoms with Crippen LogP contribution in [0.4, 0.5) is 5.69 Å². The smallest absolute Gasteiger partial charge is 0.0901 e. The molecule has 0 saturated heterocycles. The first-order valence-corrected chi connectivity index (χ1v) is 7.46. The Hall–Kier alpha value is -2.07. The number of hydrogen-bond donors (Lipinski definition) is 1. The quantitative estimate of drug-likeness (QED) is 0.782. The Labute approximate surface area is 122 Å². The summed E-state index contributed by atoms with van der Waals surface area (Å²) >= 11 is 1.68. The molecule has 3 rings (SSSR count). The Morgan fingerprint density at radius 2 is 2.00 bits per heavy atom. The van der Waals surface area contributed by atoms with Crippen LogP contribution >= 0.6 is 11.3 Å². The summed E-state index contributed by atoms with van der Waals surface area (Å²) in [5, 5.41) is 6.63. The number of nitrogens with one attached hydrogen (secondary N) is 1. The van der Waals surface area contributed by atoms with E-state index in [-0.39, 0.29) is 0 Å². The van der Waals surface area contributed by atoms with Gasteiger partial charge in [0.2, 0.25) is 0 Å². The van der Waals surface area contributed by atoms with Crippen molar-refractivity contribution in [2.24, 2.45) is 7.05 Å². The van der Waals surface area contributed by atoms with Crippen molar-refractivity contribution in [1.29, 1.82) is 0 Å². The highest BCUT2D eigenvalue weighted by atomic mass is 32.1. The van der Waals surface area contributed by atoms with Gasteiger partial charge in [0.05, 0.1) is 10.7 Å². The zero-order chi connectivity index (χ0) is 13.9. The van der Waals surface area contributed by atoms with Gasteiger partial charge in [-0.1, -0.05) is 12.1 Å². The van der Waals surface area contributed by atoms with E-state index in [1.807, 2.05) is 14.0 Å². The number of nitrogens with zero attached hydrogens (tertiary/aromatic N) is 2. The van der Waals surface area contributed by atoms with Crippen LogP contribution in [0.2, 0.25) is 0 Å². The summed E-state index contributed by atoms with van der Waals surface area (Å²) in [6, 6.07) is 10.6. The molecule has 0 unspecified atom stereocenters. The predicted octanol–water partition coefficient (Wildman–Crippen LogP) is 4.07. The third-order valence-electron chi connectivity index (χ3n) is 3.19. The van der Waals surface area contributed by atoms with Crippen LogP contribution in [0.5, 0.6) is 0 Å². The summed E-state index contributed by atoms with van der Waals surface area (Å²) in [5.74, 6) is 0. The zero-order valence-electron chi connectivity index (χ0n) is 11.6. The van der Waals surface area contributed by atoms with Gasteiger partial charge in [0.25, 0.3) is 0 Å². The topological polar surface area (TPSA) is 29.9 Å². The van der Waals surface area contributed by atoms with Crippen LogP contribution in [0.1, 0.15) is 10.6 Å². The van der Waals surface area contributed by atoms with Gasteiger partial charge < -0.3 is 9.88 Å². The molecule has 0 aliphatic rings. The Morgan fingerprint density at radius 3 is 2.60 bits per heavy atom. The van der Waals surface area contributed by atoms with Crippen molar-refractivity contribution in [2.45, 2.75) is 13.5 Å². The van der Waals surface area contributed by atoms with Crippen LogP contribution < -0.4 is 5.32 Å². The molecular weight excluding hydrogens is 266 g/mol. The van der Waals surface area contributed by atoms with Crippen LogP contribution in [0.25, 0.3) is 11.3 Å². The average molecular weight is 283 g/mol. The molecule has 0 aliphatic heterocycles. The van der Waals surface area contributed by atoms with E-state index in [4.69, 9.17) is 0 Å². The minimum Gasteiger partial charge on any atom is -0.381 e. The van der Waals surface area contributed by atoms with E-state index < -0.39 is 0 Å². The summed E-state index contributed by atoms with van der Waals surface area (Å²) in [5.41, 5.74) is 4.64. The van der Waals surface area contributed by atoms with Gasteiger partial charge in [-0.15, -0.1) is 11.3 Å².